The highest BCUT2D eigenvalue weighted by molar-refractivity contribution is 6.64. The number of hydrogen-bond acceptors (Lipinski definition) is 3. The molecule has 1 N–H and O–H groups in total. The molecule has 0 radical (unpaired) electrons. The highest BCUT2D eigenvalue weighted by atomic mass is 16.7. The molecule has 0 spiro atoms. The molecule has 0 bridgehead atoms. The molecule has 1 saturated heterocycles. The molecule has 122 valence electrons. The first-order chi connectivity index (χ1) is 11.4. The first kappa shape index (κ1) is 15.5. The van der Waals surface area contributed by atoms with Crippen LogP contribution in [-0.4, -0.2) is 18.3 Å². The quantitative estimate of drug-likeness (QED) is 0.682. The average molecular weight is 319 g/mol. The summed E-state index contributed by atoms with van der Waals surface area (Å²) in [4.78, 5) is 0. The Kier molecular flexibility index (Phi) is 3.38. The summed E-state index contributed by atoms with van der Waals surface area (Å²) in [7, 11) is -0.379. The van der Waals surface area contributed by atoms with Crippen molar-refractivity contribution in [2.45, 2.75) is 38.9 Å². The van der Waals surface area contributed by atoms with Crippen LogP contribution < -0.4 is 10.8 Å². The molecule has 0 saturated carbocycles. The molecule has 1 fully saturated rings. The smallest absolute Gasteiger partial charge is 0.399 e. The van der Waals surface area contributed by atoms with Gasteiger partial charge in [-0.3, -0.25) is 0 Å². The summed E-state index contributed by atoms with van der Waals surface area (Å²) in [5, 5.41) is 3.58. The Morgan fingerprint density at radius 1 is 0.792 bits per heavy atom. The van der Waals surface area contributed by atoms with E-state index >= 15 is 0 Å². The highest BCUT2D eigenvalue weighted by Gasteiger charge is 2.52. The van der Waals surface area contributed by atoms with Crippen molar-refractivity contribution in [2.75, 3.05) is 5.32 Å². The van der Waals surface area contributed by atoms with Crippen LogP contribution in [0.3, 0.4) is 0 Å². The molecule has 0 aromatic heterocycles. The topological polar surface area (TPSA) is 30.5 Å². The first-order valence-corrected chi connectivity index (χ1v) is 8.40. The van der Waals surface area contributed by atoms with Crippen LogP contribution in [0.15, 0.2) is 42.5 Å². The summed E-state index contributed by atoms with van der Waals surface area (Å²) in [5.74, 6) is 0. The van der Waals surface area contributed by atoms with E-state index in [0.29, 0.717) is 0 Å². The van der Waals surface area contributed by atoms with Crippen LogP contribution in [0, 0.1) is 0 Å². The minimum absolute atomic E-state index is 0.348. The zero-order valence-electron chi connectivity index (χ0n) is 14.6. The van der Waals surface area contributed by atoms with E-state index in [1.54, 1.807) is 0 Å². The second kappa shape index (κ2) is 5.23. The van der Waals surface area contributed by atoms with Crippen molar-refractivity contribution in [1.82, 2.24) is 0 Å². The van der Waals surface area contributed by atoms with Gasteiger partial charge in [0.15, 0.2) is 0 Å². The molecular formula is C20H22BNO2. The van der Waals surface area contributed by atoms with E-state index in [-0.39, 0.29) is 18.3 Å². The lowest BCUT2D eigenvalue weighted by Gasteiger charge is -2.32. The predicted molar refractivity (Wildman–Crippen MR) is 101 cm³/mol. The molecule has 24 heavy (non-hydrogen) atoms. The molecule has 2 heterocycles. The monoisotopic (exact) mass is 319 g/mol. The van der Waals surface area contributed by atoms with Crippen LogP contribution in [-0.2, 0) is 9.31 Å². The summed E-state index contributed by atoms with van der Waals surface area (Å²) < 4.78 is 12.5. The van der Waals surface area contributed by atoms with E-state index in [2.05, 4.69) is 81.6 Å². The lowest BCUT2D eigenvalue weighted by molar-refractivity contribution is 0.00578. The van der Waals surface area contributed by atoms with Crippen molar-refractivity contribution < 1.29 is 9.31 Å². The van der Waals surface area contributed by atoms with Gasteiger partial charge in [-0.15, -0.1) is 0 Å². The maximum atomic E-state index is 6.26. The van der Waals surface area contributed by atoms with E-state index < -0.39 is 0 Å². The van der Waals surface area contributed by atoms with Crippen LogP contribution in [0.5, 0.6) is 0 Å². The third-order valence-electron chi connectivity index (χ3n) is 5.30. The fourth-order valence-electron chi connectivity index (χ4n) is 3.11. The Balaban J connectivity index is 1.79. The maximum Gasteiger partial charge on any atom is 0.497 e. The molecule has 0 unspecified atom stereocenters. The number of anilines is 2. The summed E-state index contributed by atoms with van der Waals surface area (Å²) in [6, 6.07) is 14.5. The minimum Gasteiger partial charge on any atom is -0.399 e. The van der Waals surface area contributed by atoms with Gasteiger partial charge in [-0.05, 0) is 44.9 Å². The zero-order valence-corrected chi connectivity index (χ0v) is 14.6. The van der Waals surface area contributed by atoms with Gasteiger partial charge < -0.3 is 14.6 Å². The van der Waals surface area contributed by atoms with Crippen LogP contribution in [0.25, 0.3) is 12.2 Å². The SMILES string of the molecule is CC1(C)OB(c2cccc3c2Nc2ccccc2C=C3)OC1(C)C. The molecule has 2 aromatic rings. The number of para-hydroxylation sites is 2. The van der Waals surface area contributed by atoms with Crippen molar-refractivity contribution in [3.05, 3.63) is 53.6 Å². The van der Waals surface area contributed by atoms with Gasteiger partial charge in [0.1, 0.15) is 0 Å². The van der Waals surface area contributed by atoms with Crippen molar-refractivity contribution in [1.29, 1.82) is 0 Å². The third-order valence-corrected chi connectivity index (χ3v) is 5.30. The van der Waals surface area contributed by atoms with Crippen molar-refractivity contribution in [3.8, 4) is 0 Å². The summed E-state index contributed by atoms with van der Waals surface area (Å²) in [6.45, 7) is 8.32. The number of rotatable bonds is 1. The Labute approximate surface area is 143 Å². The molecule has 2 aliphatic heterocycles. The number of hydrogen-bond donors (Lipinski definition) is 1. The van der Waals surface area contributed by atoms with Crippen LogP contribution >= 0.6 is 0 Å². The van der Waals surface area contributed by atoms with Crippen molar-refractivity contribution in [2.24, 2.45) is 0 Å². The third kappa shape index (κ3) is 2.38. The van der Waals surface area contributed by atoms with Crippen molar-refractivity contribution in [3.63, 3.8) is 0 Å². The fraction of sp³-hybridized carbons (Fsp3) is 0.300. The lowest BCUT2D eigenvalue weighted by atomic mass is 9.76. The Morgan fingerprint density at radius 2 is 1.42 bits per heavy atom. The van der Waals surface area contributed by atoms with E-state index in [9.17, 15) is 0 Å². The van der Waals surface area contributed by atoms with Gasteiger partial charge in [0.25, 0.3) is 0 Å². The Morgan fingerprint density at radius 3 is 2.17 bits per heavy atom. The largest absolute Gasteiger partial charge is 0.497 e. The molecule has 3 nitrogen and oxygen atoms in total. The number of fused-ring (bicyclic) bond motifs is 2. The number of nitrogens with one attached hydrogen (secondary N) is 1. The average Bonchev–Trinajstić information content (AvgIpc) is 2.68. The molecule has 0 atom stereocenters. The molecular weight excluding hydrogens is 297 g/mol. The maximum absolute atomic E-state index is 6.26. The first-order valence-electron chi connectivity index (χ1n) is 8.40. The summed E-state index contributed by atoms with van der Waals surface area (Å²) in [6.07, 6.45) is 4.28. The minimum atomic E-state index is -0.379. The second-order valence-corrected chi connectivity index (χ2v) is 7.45. The molecule has 4 rings (SSSR count). The number of benzene rings is 2. The van der Waals surface area contributed by atoms with E-state index in [4.69, 9.17) is 9.31 Å². The summed E-state index contributed by atoms with van der Waals surface area (Å²) >= 11 is 0. The van der Waals surface area contributed by atoms with E-state index in [1.165, 1.54) is 5.56 Å². The normalized spacial score (nSPS) is 20.1. The molecule has 0 amide bonds. The van der Waals surface area contributed by atoms with Crippen LogP contribution in [0.4, 0.5) is 11.4 Å². The Bertz CT molecular complexity index is 810. The Hall–Kier alpha value is -2.04. The zero-order chi connectivity index (χ0) is 16.9. The van der Waals surface area contributed by atoms with Gasteiger partial charge >= 0.3 is 7.12 Å². The van der Waals surface area contributed by atoms with Gasteiger partial charge in [0.2, 0.25) is 0 Å². The van der Waals surface area contributed by atoms with Gasteiger partial charge in [-0.25, -0.2) is 0 Å². The standard InChI is InChI=1S/C20H22BNO2/c1-19(2)20(3,4)24-21(23-19)16-10-7-9-15-13-12-14-8-5-6-11-17(14)22-18(15)16/h5-13,22H,1-4H3. The predicted octanol–water partition coefficient (Wildman–Crippen LogP) is 4.21. The molecule has 4 heteroatoms. The van der Waals surface area contributed by atoms with Crippen LogP contribution in [0.1, 0.15) is 38.8 Å². The second-order valence-electron chi connectivity index (χ2n) is 7.45. The summed E-state index contributed by atoms with van der Waals surface area (Å²) in [5.41, 5.74) is 4.80. The fourth-order valence-corrected chi connectivity index (χ4v) is 3.11. The molecule has 2 aromatic carbocycles. The highest BCUT2D eigenvalue weighted by Crippen LogP contribution is 2.38. The van der Waals surface area contributed by atoms with Gasteiger partial charge in [-0.2, -0.15) is 0 Å². The van der Waals surface area contributed by atoms with Crippen LogP contribution in [0.2, 0.25) is 0 Å². The van der Waals surface area contributed by atoms with Gasteiger partial charge in [0.05, 0.1) is 11.2 Å². The van der Waals surface area contributed by atoms with Gasteiger partial charge in [0, 0.05) is 16.8 Å². The van der Waals surface area contributed by atoms with Gasteiger partial charge in [-0.1, -0.05) is 48.6 Å². The molecule has 2 aliphatic rings. The van der Waals surface area contributed by atoms with E-state index in [0.717, 1.165) is 22.4 Å². The molecule has 0 aliphatic carbocycles. The lowest BCUT2D eigenvalue weighted by Crippen LogP contribution is -2.41. The van der Waals surface area contributed by atoms with E-state index in [1.807, 2.05) is 6.07 Å². The van der Waals surface area contributed by atoms with Crippen molar-refractivity contribution >= 4 is 36.1 Å².